The van der Waals surface area contributed by atoms with Crippen LogP contribution >= 0.6 is 0 Å². The minimum atomic E-state index is 0.183. The molecule has 3 fully saturated rings. The van der Waals surface area contributed by atoms with E-state index in [1.54, 1.807) is 0 Å². The van der Waals surface area contributed by atoms with E-state index in [2.05, 4.69) is 5.32 Å². The van der Waals surface area contributed by atoms with E-state index in [0.717, 1.165) is 45.2 Å². The van der Waals surface area contributed by atoms with Crippen LogP contribution in [0.5, 0.6) is 0 Å². The van der Waals surface area contributed by atoms with Gasteiger partial charge in [0.25, 0.3) is 0 Å². The van der Waals surface area contributed by atoms with Crippen molar-refractivity contribution in [1.29, 1.82) is 0 Å². The van der Waals surface area contributed by atoms with Gasteiger partial charge in [-0.3, -0.25) is 9.59 Å². The second-order valence-corrected chi connectivity index (χ2v) is 6.47. The number of nitrogens with zero attached hydrogens (tertiary/aromatic N) is 1. The third kappa shape index (κ3) is 3.28. The molecule has 0 bridgehead atoms. The van der Waals surface area contributed by atoms with Crippen molar-refractivity contribution in [1.82, 2.24) is 10.2 Å². The van der Waals surface area contributed by atoms with Gasteiger partial charge >= 0.3 is 0 Å². The van der Waals surface area contributed by atoms with Crippen molar-refractivity contribution in [2.24, 2.45) is 11.8 Å². The summed E-state index contributed by atoms with van der Waals surface area (Å²) in [5.74, 6) is 1.19. The van der Waals surface area contributed by atoms with Crippen LogP contribution in [-0.2, 0) is 9.59 Å². The predicted molar refractivity (Wildman–Crippen MR) is 72.4 cm³/mol. The summed E-state index contributed by atoms with van der Waals surface area (Å²) in [6, 6.07) is 0.449. The molecular weight excluding hydrogens is 240 g/mol. The molecule has 0 aromatic heterocycles. The monoisotopic (exact) mass is 264 g/mol. The number of amides is 2. The van der Waals surface area contributed by atoms with Crippen molar-refractivity contribution in [2.45, 2.75) is 57.4 Å². The van der Waals surface area contributed by atoms with Gasteiger partial charge in [-0.2, -0.15) is 0 Å². The average Bonchev–Trinajstić information content (AvgIpc) is 2.90. The maximum absolute atomic E-state index is 12.3. The second kappa shape index (κ2) is 5.51. The molecule has 1 saturated heterocycles. The molecular formula is C15H24N2O2. The highest BCUT2D eigenvalue weighted by Gasteiger charge is 2.33. The van der Waals surface area contributed by atoms with Gasteiger partial charge in [0, 0.05) is 31.5 Å². The summed E-state index contributed by atoms with van der Waals surface area (Å²) in [6.07, 6.45) is 8.44. The zero-order valence-electron chi connectivity index (χ0n) is 11.6. The molecule has 0 aromatic carbocycles. The summed E-state index contributed by atoms with van der Waals surface area (Å²) in [5.41, 5.74) is 0. The van der Waals surface area contributed by atoms with Gasteiger partial charge in [-0.05, 0) is 38.0 Å². The van der Waals surface area contributed by atoms with E-state index in [9.17, 15) is 9.59 Å². The first kappa shape index (κ1) is 12.9. The second-order valence-electron chi connectivity index (χ2n) is 6.47. The Morgan fingerprint density at radius 1 is 1.05 bits per heavy atom. The predicted octanol–water partition coefficient (Wildman–Crippen LogP) is 1.69. The molecule has 0 aromatic rings. The van der Waals surface area contributed by atoms with Gasteiger partial charge in [0.1, 0.15) is 0 Å². The number of carbonyl (C=O) groups is 2. The van der Waals surface area contributed by atoms with Crippen molar-refractivity contribution >= 4 is 11.8 Å². The first-order chi connectivity index (χ1) is 9.22. The first-order valence-corrected chi connectivity index (χ1v) is 7.80. The molecule has 0 radical (unpaired) electrons. The summed E-state index contributed by atoms with van der Waals surface area (Å²) in [5, 5.41) is 3.04. The third-order valence-electron chi connectivity index (χ3n) is 4.72. The molecule has 2 aliphatic carbocycles. The molecule has 2 amide bonds. The Kier molecular flexibility index (Phi) is 3.76. The number of nitrogens with one attached hydrogen (secondary N) is 1. The number of hydrogen-bond acceptors (Lipinski definition) is 2. The van der Waals surface area contributed by atoms with Crippen molar-refractivity contribution in [2.75, 3.05) is 13.1 Å². The molecule has 0 spiro atoms. The average molecular weight is 264 g/mol. The van der Waals surface area contributed by atoms with Crippen molar-refractivity contribution in [3.05, 3.63) is 0 Å². The lowest BCUT2D eigenvalue weighted by molar-refractivity contribution is -0.134. The molecule has 3 aliphatic rings. The van der Waals surface area contributed by atoms with E-state index in [1.807, 2.05) is 4.90 Å². The first-order valence-electron chi connectivity index (χ1n) is 7.80. The van der Waals surface area contributed by atoms with Gasteiger partial charge in [0.2, 0.25) is 11.8 Å². The standard InChI is InChI=1S/C15H24N2O2/c18-14(16-13-5-6-13)9-11-7-8-17(10-11)15(19)12-3-1-2-4-12/h11-13H,1-10H2,(H,16,18). The Labute approximate surface area is 114 Å². The summed E-state index contributed by atoms with van der Waals surface area (Å²) in [7, 11) is 0. The normalized spacial score (nSPS) is 27.8. The van der Waals surface area contributed by atoms with Crippen LogP contribution in [0.2, 0.25) is 0 Å². The van der Waals surface area contributed by atoms with Gasteiger partial charge in [-0.1, -0.05) is 12.8 Å². The van der Waals surface area contributed by atoms with E-state index < -0.39 is 0 Å². The number of likely N-dealkylation sites (tertiary alicyclic amines) is 1. The SMILES string of the molecule is O=C(CC1CCN(C(=O)C2CCCC2)C1)NC1CC1. The Bertz CT molecular complexity index is 359. The molecule has 4 nitrogen and oxygen atoms in total. The van der Waals surface area contributed by atoms with Crippen LogP contribution in [0.1, 0.15) is 51.4 Å². The summed E-state index contributed by atoms with van der Waals surface area (Å²) in [6.45, 7) is 1.66. The molecule has 1 aliphatic heterocycles. The van der Waals surface area contributed by atoms with Crippen LogP contribution in [0.4, 0.5) is 0 Å². The quantitative estimate of drug-likeness (QED) is 0.840. The highest BCUT2D eigenvalue weighted by atomic mass is 16.2. The fraction of sp³-hybridized carbons (Fsp3) is 0.867. The zero-order chi connectivity index (χ0) is 13.2. The minimum absolute atomic E-state index is 0.183. The third-order valence-corrected chi connectivity index (χ3v) is 4.72. The summed E-state index contributed by atoms with van der Waals surface area (Å²) in [4.78, 5) is 26.1. The van der Waals surface area contributed by atoms with E-state index in [1.165, 1.54) is 12.8 Å². The number of carbonyl (C=O) groups excluding carboxylic acids is 2. The number of rotatable bonds is 4. The Hall–Kier alpha value is -1.06. The van der Waals surface area contributed by atoms with Gasteiger partial charge < -0.3 is 10.2 Å². The summed E-state index contributed by atoms with van der Waals surface area (Å²) < 4.78 is 0. The molecule has 106 valence electrons. The molecule has 1 unspecified atom stereocenters. The smallest absolute Gasteiger partial charge is 0.225 e. The van der Waals surface area contributed by atoms with Gasteiger partial charge in [-0.15, -0.1) is 0 Å². The van der Waals surface area contributed by atoms with Crippen LogP contribution in [0.15, 0.2) is 0 Å². The van der Waals surface area contributed by atoms with Crippen LogP contribution in [0.3, 0.4) is 0 Å². The van der Waals surface area contributed by atoms with Crippen LogP contribution < -0.4 is 5.32 Å². The highest BCUT2D eigenvalue weighted by Crippen LogP contribution is 2.29. The van der Waals surface area contributed by atoms with Gasteiger partial charge in [0.15, 0.2) is 0 Å². The Morgan fingerprint density at radius 3 is 2.47 bits per heavy atom. The fourth-order valence-electron chi connectivity index (χ4n) is 3.41. The maximum Gasteiger partial charge on any atom is 0.225 e. The van der Waals surface area contributed by atoms with Gasteiger partial charge in [-0.25, -0.2) is 0 Å². The highest BCUT2D eigenvalue weighted by molar-refractivity contribution is 5.80. The van der Waals surface area contributed by atoms with Crippen LogP contribution in [0, 0.1) is 11.8 Å². The van der Waals surface area contributed by atoms with E-state index >= 15 is 0 Å². The van der Waals surface area contributed by atoms with Crippen molar-refractivity contribution in [3.63, 3.8) is 0 Å². The topological polar surface area (TPSA) is 49.4 Å². The largest absolute Gasteiger partial charge is 0.353 e. The number of hydrogen-bond donors (Lipinski definition) is 1. The van der Waals surface area contributed by atoms with Crippen molar-refractivity contribution < 1.29 is 9.59 Å². The maximum atomic E-state index is 12.3. The van der Waals surface area contributed by atoms with E-state index in [4.69, 9.17) is 0 Å². The molecule has 1 atom stereocenters. The van der Waals surface area contributed by atoms with Crippen molar-refractivity contribution in [3.8, 4) is 0 Å². The summed E-state index contributed by atoms with van der Waals surface area (Å²) >= 11 is 0. The minimum Gasteiger partial charge on any atom is -0.353 e. The Balaban J connectivity index is 1.43. The molecule has 19 heavy (non-hydrogen) atoms. The lowest BCUT2D eigenvalue weighted by Crippen LogP contribution is -2.34. The lowest BCUT2D eigenvalue weighted by atomic mass is 10.0. The molecule has 2 saturated carbocycles. The lowest BCUT2D eigenvalue weighted by Gasteiger charge is -2.20. The fourth-order valence-corrected chi connectivity index (χ4v) is 3.41. The molecule has 1 N–H and O–H groups in total. The van der Waals surface area contributed by atoms with Gasteiger partial charge in [0.05, 0.1) is 0 Å². The Morgan fingerprint density at radius 2 is 1.79 bits per heavy atom. The van der Waals surface area contributed by atoms with Crippen LogP contribution in [-0.4, -0.2) is 35.8 Å². The molecule has 4 heteroatoms. The zero-order valence-corrected chi connectivity index (χ0v) is 11.6. The molecule has 1 heterocycles. The van der Waals surface area contributed by atoms with Crippen LogP contribution in [0.25, 0.3) is 0 Å². The molecule has 3 rings (SSSR count). The van der Waals surface area contributed by atoms with E-state index in [-0.39, 0.29) is 11.8 Å². The van der Waals surface area contributed by atoms with E-state index in [0.29, 0.717) is 24.3 Å².